The van der Waals surface area contributed by atoms with Crippen molar-refractivity contribution in [3.8, 4) is 0 Å². The zero-order chi connectivity index (χ0) is 20.4. The molecule has 0 saturated carbocycles. The zero-order valence-corrected chi connectivity index (χ0v) is 17.9. The minimum Gasteiger partial charge on any atom is -0.303 e. The summed E-state index contributed by atoms with van der Waals surface area (Å²) in [6.07, 6.45) is 1.17. The smallest absolute Gasteiger partial charge is 0.303 e. The molecule has 0 spiro atoms. The fourth-order valence-corrected chi connectivity index (χ4v) is 4.96. The van der Waals surface area contributed by atoms with Gasteiger partial charge in [-0.1, -0.05) is 53.9 Å². The minimum absolute atomic E-state index is 0.0332. The van der Waals surface area contributed by atoms with Crippen LogP contribution in [0.1, 0.15) is 24.6 Å². The molecule has 4 aromatic rings. The van der Waals surface area contributed by atoms with Crippen LogP contribution in [0.4, 0.5) is 10.8 Å². The Labute approximate surface area is 176 Å². The van der Waals surface area contributed by atoms with Gasteiger partial charge in [-0.05, 0) is 43.2 Å². The van der Waals surface area contributed by atoms with Crippen molar-refractivity contribution in [2.75, 3.05) is 4.90 Å². The first-order valence-electron chi connectivity index (χ1n) is 9.49. The molecule has 2 heterocycles. The van der Waals surface area contributed by atoms with E-state index < -0.39 is 0 Å². The van der Waals surface area contributed by atoms with Crippen LogP contribution in [0.3, 0.4) is 0 Å². The molecule has 0 atom stereocenters. The third-order valence-electron chi connectivity index (χ3n) is 4.85. The maximum Gasteiger partial charge on any atom is 0.307 e. The van der Waals surface area contributed by atoms with E-state index in [1.54, 1.807) is 9.47 Å². The van der Waals surface area contributed by atoms with Gasteiger partial charge in [-0.25, -0.2) is 4.98 Å². The molecule has 0 radical (unpaired) electrons. The van der Waals surface area contributed by atoms with Crippen molar-refractivity contribution < 1.29 is 4.79 Å². The molecule has 0 N–H and O–H groups in total. The molecule has 7 heteroatoms. The van der Waals surface area contributed by atoms with Gasteiger partial charge < -0.3 is 4.57 Å². The second kappa shape index (κ2) is 8.31. The number of thiazole rings is 2. The molecule has 1 amide bonds. The van der Waals surface area contributed by atoms with E-state index in [1.807, 2.05) is 60.8 Å². The Morgan fingerprint density at radius 3 is 2.55 bits per heavy atom. The third-order valence-corrected chi connectivity index (χ3v) is 6.75. The molecule has 0 fully saturated rings. The Bertz CT molecular complexity index is 1170. The van der Waals surface area contributed by atoms with Crippen molar-refractivity contribution in [3.63, 3.8) is 0 Å². The van der Waals surface area contributed by atoms with Gasteiger partial charge in [0, 0.05) is 24.0 Å². The fourth-order valence-electron chi connectivity index (χ4n) is 3.19. The molecule has 0 aliphatic rings. The van der Waals surface area contributed by atoms with E-state index in [1.165, 1.54) is 16.9 Å². The van der Waals surface area contributed by atoms with Crippen LogP contribution in [0.2, 0.25) is 0 Å². The highest BCUT2D eigenvalue weighted by atomic mass is 32.1. The summed E-state index contributed by atoms with van der Waals surface area (Å²) in [5, 5.41) is 2.47. The predicted molar refractivity (Wildman–Crippen MR) is 121 cm³/mol. The maximum atomic E-state index is 13.3. The maximum absolute atomic E-state index is 13.3. The standard InChI is InChI=1S/C22H21N3O2S2/c1-3-16-8-10-17(11-9-16)25(21-23-18-6-4-5-7-19(18)29-21)20(26)12-13-24-15(2)14-28-22(24)27/h4-11,14H,3,12-13H2,1-2H3. The number of carbonyl (C=O) groups is 1. The van der Waals surface area contributed by atoms with Crippen molar-refractivity contribution in [1.82, 2.24) is 9.55 Å². The summed E-state index contributed by atoms with van der Waals surface area (Å²) in [7, 11) is 0. The molecule has 0 unspecified atom stereocenters. The van der Waals surface area contributed by atoms with Crippen molar-refractivity contribution in [2.45, 2.75) is 33.2 Å². The molecule has 0 aliphatic heterocycles. The van der Waals surface area contributed by atoms with Crippen LogP contribution in [-0.4, -0.2) is 15.5 Å². The van der Waals surface area contributed by atoms with Crippen molar-refractivity contribution in [3.05, 3.63) is 74.8 Å². The van der Waals surface area contributed by atoms with Gasteiger partial charge in [-0.2, -0.15) is 0 Å². The Morgan fingerprint density at radius 2 is 1.90 bits per heavy atom. The summed E-state index contributed by atoms with van der Waals surface area (Å²) in [6, 6.07) is 15.9. The Kier molecular flexibility index (Phi) is 5.60. The summed E-state index contributed by atoms with van der Waals surface area (Å²) in [4.78, 5) is 31.6. The number of benzene rings is 2. The molecular formula is C22H21N3O2S2. The third kappa shape index (κ3) is 4.02. The van der Waals surface area contributed by atoms with E-state index in [4.69, 9.17) is 4.98 Å². The number of amides is 1. The molecule has 4 rings (SSSR count). The minimum atomic E-state index is -0.0780. The number of para-hydroxylation sites is 1. The molecule has 29 heavy (non-hydrogen) atoms. The first-order chi connectivity index (χ1) is 14.1. The Hall–Kier alpha value is -2.77. The van der Waals surface area contributed by atoms with Crippen molar-refractivity contribution >= 4 is 49.6 Å². The second-order valence-corrected chi connectivity index (χ2v) is 8.59. The number of aryl methyl sites for hydroxylation is 2. The number of nitrogens with zero attached hydrogens (tertiary/aromatic N) is 3. The van der Waals surface area contributed by atoms with Crippen LogP contribution in [-0.2, 0) is 17.8 Å². The average Bonchev–Trinajstić information content (AvgIpc) is 3.30. The molecule has 2 aromatic heterocycles. The van der Waals surface area contributed by atoms with Gasteiger partial charge in [0.25, 0.3) is 0 Å². The van der Waals surface area contributed by atoms with Crippen molar-refractivity contribution in [2.24, 2.45) is 0 Å². The first kappa shape index (κ1) is 19.5. The van der Waals surface area contributed by atoms with E-state index in [9.17, 15) is 9.59 Å². The lowest BCUT2D eigenvalue weighted by atomic mass is 10.1. The first-order valence-corrected chi connectivity index (χ1v) is 11.2. The highest BCUT2D eigenvalue weighted by Crippen LogP contribution is 2.34. The second-order valence-electron chi connectivity index (χ2n) is 6.76. The van der Waals surface area contributed by atoms with Crippen LogP contribution in [0.15, 0.2) is 58.7 Å². The van der Waals surface area contributed by atoms with E-state index in [2.05, 4.69) is 6.92 Å². The lowest BCUT2D eigenvalue weighted by molar-refractivity contribution is -0.118. The molecule has 0 bridgehead atoms. The zero-order valence-electron chi connectivity index (χ0n) is 16.3. The quantitative estimate of drug-likeness (QED) is 0.431. The summed E-state index contributed by atoms with van der Waals surface area (Å²) < 4.78 is 2.69. The van der Waals surface area contributed by atoms with Gasteiger partial charge in [0.05, 0.1) is 15.9 Å². The monoisotopic (exact) mass is 423 g/mol. The van der Waals surface area contributed by atoms with E-state index >= 15 is 0 Å². The lowest BCUT2D eigenvalue weighted by Gasteiger charge is -2.20. The Morgan fingerprint density at radius 1 is 1.14 bits per heavy atom. The predicted octanol–water partition coefficient (Wildman–Crippen LogP) is 5.15. The average molecular weight is 424 g/mol. The van der Waals surface area contributed by atoms with Gasteiger partial charge in [-0.15, -0.1) is 0 Å². The number of carbonyl (C=O) groups excluding carboxylic acids is 1. The molecular weight excluding hydrogens is 402 g/mol. The molecule has 0 saturated heterocycles. The summed E-state index contributed by atoms with van der Waals surface area (Å²) in [5.74, 6) is -0.0780. The van der Waals surface area contributed by atoms with Crippen LogP contribution >= 0.6 is 22.7 Å². The normalized spacial score (nSPS) is 11.1. The number of aromatic nitrogens is 2. The van der Waals surface area contributed by atoms with Crippen LogP contribution in [0.5, 0.6) is 0 Å². The molecule has 0 aliphatic carbocycles. The van der Waals surface area contributed by atoms with Crippen LogP contribution in [0.25, 0.3) is 10.2 Å². The number of rotatable bonds is 6. The largest absolute Gasteiger partial charge is 0.307 e. The van der Waals surface area contributed by atoms with Gasteiger partial charge in [-0.3, -0.25) is 14.5 Å². The Balaban J connectivity index is 1.68. The summed E-state index contributed by atoms with van der Waals surface area (Å²) >= 11 is 2.66. The van der Waals surface area contributed by atoms with Crippen LogP contribution < -0.4 is 9.77 Å². The highest BCUT2D eigenvalue weighted by molar-refractivity contribution is 7.22. The SMILES string of the molecule is CCc1ccc(N(C(=O)CCn2c(C)csc2=O)c2nc3ccccc3s2)cc1. The topological polar surface area (TPSA) is 55.2 Å². The van der Waals surface area contributed by atoms with Gasteiger partial charge in [0.15, 0.2) is 5.13 Å². The van der Waals surface area contributed by atoms with Gasteiger partial charge >= 0.3 is 4.87 Å². The molecule has 2 aromatic carbocycles. The summed E-state index contributed by atoms with van der Waals surface area (Å²) in [6.45, 7) is 4.35. The highest BCUT2D eigenvalue weighted by Gasteiger charge is 2.22. The fraction of sp³-hybridized carbons (Fsp3) is 0.227. The lowest BCUT2D eigenvalue weighted by Crippen LogP contribution is -2.28. The number of anilines is 2. The van der Waals surface area contributed by atoms with Gasteiger partial charge in [0.1, 0.15) is 0 Å². The number of hydrogen-bond donors (Lipinski definition) is 0. The van der Waals surface area contributed by atoms with Crippen molar-refractivity contribution in [1.29, 1.82) is 0 Å². The summed E-state index contributed by atoms with van der Waals surface area (Å²) in [5.41, 5.74) is 3.76. The van der Waals surface area contributed by atoms with E-state index in [0.29, 0.717) is 11.7 Å². The van der Waals surface area contributed by atoms with Gasteiger partial charge in [0.2, 0.25) is 5.91 Å². The molecule has 5 nitrogen and oxygen atoms in total. The van der Waals surface area contributed by atoms with E-state index in [0.717, 1.165) is 39.4 Å². The van der Waals surface area contributed by atoms with Crippen LogP contribution in [0, 0.1) is 6.92 Å². The van der Waals surface area contributed by atoms with E-state index in [-0.39, 0.29) is 17.2 Å². The number of hydrogen-bond acceptors (Lipinski definition) is 5. The molecule has 148 valence electrons. The number of fused-ring (bicyclic) bond motifs is 1.